The van der Waals surface area contributed by atoms with Crippen LogP contribution in [-0.4, -0.2) is 24.0 Å². The molecule has 0 bridgehead atoms. The van der Waals surface area contributed by atoms with E-state index in [0.717, 1.165) is 17.9 Å². The Hall–Kier alpha value is -0.0400. The average molecular weight is 235 g/mol. The van der Waals surface area contributed by atoms with Gasteiger partial charge in [0.1, 0.15) is 0 Å². The Bertz CT molecular complexity index is 204. The van der Waals surface area contributed by atoms with Crippen molar-refractivity contribution in [3.05, 3.63) is 0 Å². The monoisotopic (exact) mass is 235 g/mol. The normalized spacial score (nSPS) is 29.5. The van der Waals surface area contributed by atoms with E-state index in [-0.39, 0.29) is 0 Å². The Morgan fingerprint density at radius 3 is 1.53 bits per heavy atom. The zero-order valence-electron chi connectivity index (χ0n) is 11.4. The van der Waals surface area contributed by atoms with Crippen LogP contribution in [0.2, 0.25) is 0 Å². The second-order valence-corrected chi connectivity index (χ2v) is 6.68. The van der Waals surface area contributed by atoms with E-state index >= 15 is 0 Å². The minimum atomic E-state index is 0.986. The molecule has 3 aliphatic rings. The van der Waals surface area contributed by atoms with Gasteiger partial charge in [-0.3, -0.25) is 4.90 Å². The van der Waals surface area contributed by atoms with E-state index in [1.165, 1.54) is 83.7 Å². The predicted octanol–water partition coefficient (Wildman–Crippen LogP) is 4.22. The zero-order chi connectivity index (χ0) is 11.5. The topological polar surface area (TPSA) is 3.24 Å². The summed E-state index contributed by atoms with van der Waals surface area (Å²) in [6, 6.07) is 0.986. The van der Waals surface area contributed by atoms with E-state index in [1.54, 1.807) is 0 Å². The number of hydrogen-bond acceptors (Lipinski definition) is 1. The minimum absolute atomic E-state index is 0.986. The lowest BCUT2D eigenvalue weighted by Crippen LogP contribution is -2.46. The van der Waals surface area contributed by atoms with E-state index in [1.807, 2.05) is 0 Å². The van der Waals surface area contributed by atoms with Crippen molar-refractivity contribution >= 4 is 0 Å². The third-order valence-corrected chi connectivity index (χ3v) is 5.58. The fourth-order valence-corrected chi connectivity index (χ4v) is 4.80. The lowest BCUT2D eigenvalue weighted by molar-refractivity contribution is 0.0733. The Kier molecular flexibility index (Phi) is 4.05. The summed E-state index contributed by atoms with van der Waals surface area (Å²) in [4.78, 5) is 2.91. The summed E-state index contributed by atoms with van der Waals surface area (Å²) < 4.78 is 0. The highest BCUT2D eigenvalue weighted by atomic mass is 15.2. The van der Waals surface area contributed by atoms with Crippen LogP contribution >= 0.6 is 0 Å². The molecule has 0 spiro atoms. The molecule has 0 aromatic heterocycles. The summed E-state index contributed by atoms with van der Waals surface area (Å²) in [6.07, 6.45) is 16.6. The molecule has 1 saturated heterocycles. The van der Waals surface area contributed by atoms with Gasteiger partial charge in [0.2, 0.25) is 0 Å². The highest BCUT2D eigenvalue weighted by Crippen LogP contribution is 2.40. The van der Waals surface area contributed by atoms with Crippen molar-refractivity contribution in [3.8, 4) is 0 Å². The van der Waals surface area contributed by atoms with Gasteiger partial charge in [0, 0.05) is 6.04 Å². The molecule has 0 N–H and O–H groups in total. The molecular formula is C16H29N. The number of nitrogens with zero attached hydrogens (tertiary/aromatic N) is 1. The Balaban J connectivity index is 1.69. The van der Waals surface area contributed by atoms with Gasteiger partial charge in [0.15, 0.2) is 0 Å². The van der Waals surface area contributed by atoms with E-state index in [4.69, 9.17) is 0 Å². The van der Waals surface area contributed by atoms with Gasteiger partial charge in [0.05, 0.1) is 0 Å². The lowest BCUT2D eigenvalue weighted by Gasteiger charge is -2.41. The van der Waals surface area contributed by atoms with Crippen LogP contribution in [0.25, 0.3) is 0 Å². The van der Waals surface area contributed by atoms with Crippen molar-refractivity contribution < 1.29 is 0 Å². The molecule has 1 nitrogen and oxygen atoms in total. The SMILES string of the molecule is C1CCN(C(C2CCCC2)C2CCCC2)CC1. The second-order valence-electron chi connectivity index (χ2n) is 6.68. The summed E-state index contributed by atoms with van der Waals surface area (Å²) >= 11 is 0. The molecule has 2 aliphatic carbocycles. The van der Waals surface area contributed by atoms with Gasteiger partial charge in [0.25, 0.3) is 0 Å². The third-order valence-electron chi connectivity index (χ3n) is 5.58. The number of rotatable bonds is 3. The molecule has 1 heterocycles. The smallest absolute Gasteiger partial charge is 0.0152 e. The fraction of sp³-hybridized carbons (Fsp3) is 1.00. The molecule has 0 aromatic carbocycles. The molecule has 0 atom stereocenters. The maximum absolute atomic E-state index is 2.91. The lowest BCUT2D eigenvalue weighted by atomic mass is 9.83. The highest BCUT2D eigenvalue weighted by Gasteiger charge is 2.37. The van der Waals surface area contributed by atoms with Crippen LogP contribution in [0.5, 0.6) is 0 Å². The van der Waals surface area contributed by atoms with Crippen molar-refractivity contribution in [2.45, 2.75) is 76.7 Å². The second kappa shape index (κ2) is 5.73. The standard InChI is InChI=1S/C16H29N/c1-6-12-17(13-7-1)16(14-8-2-3-9-14)15-10-4-5-11-15/h14-16H,1-13H2. The molecular weight excluding hydrogens is 206 g/mol. The molecule has 0 amide bonds. The van der Waals surface area contributed by atoms with E-state index in [2.05, 4.69) is 4.90 Å². The largest absolute Gasteiger partial charge is 0.300 e. The van der Waals surface area contributed by atoms with E-state index < -0.39 is 0 Å². The average Bonchev–Trinajstić information content (AvgIpc) is 3.04. The van der Waals surface area contributed by atoms with Gasteiger partial charge in [-0.15, -0.1) is 0 Å². The van der Waals surface area contributed by atoms with Gasteiger partial charge in [-0.25, -0.2) is 0 Å². The van der Waals surface area contributed by atoms with Crippen molar-refractivity contribution in [2.75, 3.05) is 13.1 Å². The molecule has 3 rings (SSSR count). The molecule has 1 aliphatic heterocycles. The summed E-state index contributed by atoms with van der Waals surface area (Å²) in [5.41, 5.74) is 0. The first-order valence-electron chi connectivity index (χ1n) is 8.19. The molecule has 98 valence electrons. The van der Waals surface area contributed by atoms with Crippen molar-refractivity contribution in [1.82, 2.24) is 4.90 Å². The summed E-state index contributed by atoms with van der Waals surface area (Å²) in [7, 11) is 0. The molecule has 2 saturated carbocycles. The number of piperidine rings is 1. The van der Waals surface area contributed by atoms with Crippen LogP contribution in [0.1, 0.15) is 70.6 Å². The van der Waals surface area contributed by atoms with E-state index in [9.17, 15) is 0 Å². The summed E-state index contributed by atoms with van der Waals surface area (Å²) in [5, 5.41) is 0. The van der Waals surface area contributed by atoms with Crippen LogP contribution in [0.3, 0.4) is 0 Å². The van der Waals surface area contributed by atoms with Gasteiger partial charge < -0.3 is 0 Å². The molecule has 3 fully saturated rings. The van der Waals surface area contributed by atoms with Gasteiger partial charge in [-0.05, 0) is 63.5 Å². The predicted molar refractivity (Wildman–Crippen MR) is 73.1 cm³/mol. The van der Waals surface area contributed by atoms with Gasteiger partial charge in [-0.2, -0.15) is 0 Å². The first-order chi connectivity index (χ1) is 8.45. The van der Waals surface area contributed by atoms with Crippen LogP contribution in [-0.2, 0) is 0 Å². The molecule has 0 aromatic rings. The Labute approximate surface area is 107 Å². The van der Waals surface area contributed by atoms with E-state index in [0.29, 0.717) is 0 Å². The van der Waals surface area contributed by atoms with Crippen LogP contribution in [0, 0.1) is 11.8 Å². The number of hydrogen-bond donors (Lipinski definition) is 0. The van der Waals surface area contributed by atoms with Crippen LogP contribution < -0.4 is 0 Å². The van der Waals surface area contributed by atoms with Crippen molar-refractivity contribution in [1.29, 1.82) is 0 Å². The fourth-order valence-electron chi connectivity index (χ4n) is 4.80. The quantitative estimate of drug-likeness (QED) is 0.708. The van der Waals surface area contributed by atoms with Crippen LogP contribution in [0.4, 0.5) is 0 Å². The maximum Gasteiger partial charge on any atom is 0.0152 e. The minimum Gasteiger partial charge on any atom is -0.300 e. The summed E-state index contributed by atoms with van der Waals surface area (Å²) in [5.74, 6) is 2.13. The number of likely N-dealkylation sites (tertiary alicyclic amines) is 1. The highest BCUT2D eigenvalue weighted by molar-refractivity contribution is 4.90. The van der Waals surface area contributed by atoms with Crippen molar-refractivity contribution in [2.24, 2.45) is 11.8 Å². The Morgan fingerprint density at radius 2 is 1.06 bits per heavy atom. The molecule has 17 heavy (non-hydrogen) atoms. The maximum atomic E-state index is 2.91. The molecule has 1 heteroatoms. The molecule has 0 radical (unpaired) electrons. The third kappa shape index (κ3) is 2.70. The van der Waals surface area contributed by atoms with Gasteiger partial charge >= 0.3 is 0 Å². The Morgan fingerprint density at radius 1 is 0.588 bits per heavy atom. The first-order valence-corrected chi connectivity index (χ1v) is 8.19. The molecule has 0 unspecified atom stereocenters. The zero-order valence-corrected chi connectivity index (χ0v) is 11.4. The first kappa shape index (κ1) is 12.0. The van der Waals surface area contributed by atoms with Crippen LogP contribution in [0.15, 0.2) is 0 Å². The van der Waals surface area contributed by atoms with Gasteiger partial charge in [-0.1, -0.05) is 32.1 Å². The summed E-state index contributed by atoms with van der Waals surface area (Å²) in [6.45, 7) is 2.83. The van der Waals surface area contributed by atoms with Crippen molar-refractivity contribution in [3.63, 3.8) is 0 Å².